The van der Waals surface area contributed by atoms with Crippen LogP contribution in [0.1, 0.15) is 39.7 Å². The lowest BCUT2D eigenvalue weighted by Crippen LogP contribution is -2.13. The molecule has 1 aromatic carbocycles. The Morgan fingerprint density at radius 2 is 1.95 bits per heavy atom. The third-order valence-electron chi connectivity index (χ3n) is 2.81. The molecule has 110 valence electrons. The molecule has 0 bridgehead atoms. The molecule has 6 heteroatoms. The zero-order chi connectivity index (χ0) is 15.2. The van der Waals surface area contributed by atoms with E-state index in [1.807, 2.05) is 24.3 Å². The monoisotopic (exact) mass is 304 g/mol. The van der Waals surface area contributed by atoms with Gasteiger partial charge in [0.15, 0.2) is 0 Å². The number of benzene rings is 1. The number of esters is 1. The minimum absolute atomic E-state index is 0.184. The highest BCUT2D eigenvalue weighted by molar-refractivity contribution is 7.11. The molecule has 0 atom stereocenters. The number of nitrogens with zero attached hydrogens (tertiary/aromatic N) is 1. The standard InChI is InChI=1S/C15H16N2O3S/c1-3-10-5-7-11(8-6-10)16-13(18)12-9-21-14(17-12)15(19)20-4-2/h5-9H,3-4H2,1-2H3,(H,16,18). The number of nitrogens with one attached hydrogen (secondary N) is 1. The first-order chi connectivity index (χ1) is 10.1. The van der Waals surface area contributed by atoms with Gasteiger partial charge in [-0.3, -0.25) is 4.79 Å². The lowest BCUT2D eigenvalue weighted by Gasteiger charge is -2.04. The third-order valence-corrected chi connectivity index (χ3v) is 3.63. The van der Waals surface area contributed by atoms with Crippen LogP contribution in [0.2, 0.25) is 0 Å². The minimum atomic E-state index is -0.506. The van der Waals surface area contributed by atoms with Gasteiger partial charge in [-0.25, -0.2) is 9.78 Å². The van der Waals surface area contributed by atoms with Crippen molar-refractivity contribution in [2.75, 3.05) is 11.9 Å². The van der Waals surface area contributed by atoms with Gasteiger partial charge in [0.25, 0.3) is 5.91 Å². The van der Waals surface area contributed by atoms with E-state index in [0.717, 1.165) is 17.8 Å². The molecule has 0 saturated carbocycles. The molecular weight excluding hydrogens is 288 g/mol. The van der Waals surface area contributed by atoms with Crippen molar-refractivity contribution in [2.45, 2.75) is 20.3 Å². The number of anilines is 1. The summed E-state index contributed by atoms with van der Waals surface area (Å²) in [5.74, 6) is -0.847. The molecule has 2 aromatic rings. The molecule has 0 saturated heterocycles. The average molecular weight is 304 g/mol. The lowest BCUT2D eigenvalue weighted by atomic mass is 10.1. The van der Waals surface area contributed by atoms with E-state index in [0.29, 0.717) is 5.69 Å². The van der Waals surface area contributed by atoms with Crippen molar-refractivity contribution >= 4 is 28.9 Å². The summed E-state index contributed by atoms with van der Waals surface area (Å²) in [4.78, 5) is 27.5. The van der Waals surface area contributed by atoms with Crippen molar-refractivity contribution in [2.24, 2.45) is 0 Å². The van der Waals surface area contributed by atoms with Crippen molar-refractivity contribution in [1.82, 2.24) is 4.98 Å². The molecule has 1 aromatic heterocycles. The maximum Gasteiger partial charge on any atom is 0.367 e. The van der Waals surface area contributed by atoms with Gasteiger partial charge in [0.05, 0.1) is 6.61 Å². The number of carbonyl (C=O) groups is 2. The maximum absolute atomic E-state index is 12.0. The highest BCUT2D eigenvalue weighted by atomic mass is 32.1. The fourth-order valence-corrected chi connectivity index (χ4v) is 2.37. The zero-order valence-corrected chi connectivity index (χ0v) is 12.7. The van der Waals surface area contributed by atoms with Crippen LogP contribution < -0.4 is 5.32 Å². The fourth-order valence-electron chi connectivity index (χ4n) is 1.68. The van der Waals surface area contributed by atoms with Crippen LogP contribution in [-0.4, -0.2) is 23.5 Å². The van der Waals surface area contributed by atoms with Crippen LogP contribution >= 0.6 is 11.3 Å². The van der Waals surface area contributed by atoms with E-state index in [4.69, 9.17) is 4.74 Å². The summed E-state index contributed by atoms with van der Waals surface area (Å²) < 4.78 is 4.84. The van der Waals surface area contributed by atoms with Gasteiger partial charge in [-0.2, -0.15) is 0 Å². The van der Waals surface area contributed by atoms with Gasteiger partial charge in [-0.15, -0.1) is 11.3 Å². The van der Waals surface area contributed by atoms with E-state index in [1.165, 1.54) is 5.56 Å². The number of thiazole rings is 1. The number of ether oxygens (including phenoxy) is 1. The molecule has 2 rings (SSSR count). The quantitative estimate of drug-likeness (QED) is 0.862. The molecule has 0 fully saturated rings. The van der Waals surface area contributed by atoms with Crippen molar-refractivity contribution in [3.8, 4) is 0 Å². The highest BCUT2D eigenvalue weighted by Crippen LogP contribution is 2.14. The number of hydrogen-bond acceptors (Lipinski definition) is 5. The summed E-state index contributed by atoms with van der Waals surface area (Å²) in [6.07, 6.45) is 0.948. The molecule has 1 amide bonds. The Bertz CT molecular complexity index is 635. The van der Waals surface area contributed by atoms with Gasteiger partial charge in [0, 0.05) is 11.1 Å². The molecule has 1 heterocycles. The fraction of sp³-hybridized carbons (Fsp3) is 0.267. The van der Waals surface area contributed by atoms with Crippen molar-refractivity contribution in [3.63, 3.8) is 0 Å². The van der Waals surface area contributed by atoms with Crippen molar-refractivity contribution in [3.05, 3.63) is 45.9 Å². The van der Waals surface area contributed by atoms with Crippen LogP contribution in [0.5, 0.6) is 0 Å². The number of amides is 1. The maximum atomic E-state index is 12.0. The Kier molecular flexibility index (Phi) is 5.05. The topological polar surface area (TPSA) is 68.3 Å². The Balaban J connectivity index is 2.04. The summed E-state index contributed by atoms with van der Waals surface area (Å²) in [5.41, 5.74) is 2.11. The number of aromatic nitrogens is 1. The summed E-state index contributed by atoms with van der Waals surface area (Å²) in [5, 5.41) is 4.47. The van der Waals surface area contributed by atoms with Gasteiger partial charge < -0.3 is 10.1 Å². The average Bonchev–Trinajstić information content (AvgIpc) is 2.98. The van der Waals surface area contributed by atoms with E-state index in [1.54, 1.807) is 12.3 Å². The van der Waals surface area contributed by atoms with Crippen molar-refractivity contribution < 1.29 is 14.3 Å². The summed E-state index contributed by atoms with van der Waals surface area (Å²) >= 11 is 1.10. The smallest absolute Gasteiger partial charge is 0.367 e. The number of aryl methyl sites for hydroxylation is 1. The third kappa shape index (κ3) is 3.88. The predicted octanol–water partition coefficient (Wildman–Crippen LogP) is 3.13. The van der Waals surface area contributed by atoms with E-state index < -0.39 is 5.97 Å². The molecule has 1 N–H and O–H groups in total. The molecule has 0 spiro atoms. The van der Waals surface area contributed by atoms with E-state index in [2.05, 4.69) is 17.2 Å². The van der Waals surface area contributed by atoms with E-state index >= 15 is 0 Å². The molecular formula is C15H16N2O3S. The van der Waals surface area contributed by atoms with E-state index in [9.17, 15) is 9.59 Å². The largest absolute Gasteiger partial charge is 0.461 e. The van der Waals surface area contributed by atoms with Gasteiger partial charge in [-0.1, -0.05) is 19.1 Å². The zero-order valence-electron chi connectivity index (χ0n) is 11.9. The van der Waals surface area contributed by atoms with Crippen LogP contribution in [0.4, 0.5) is 5.69 Å². The SMILES string of the molecule is CCOC(=O)c1nc(C(=O)Nc2ccc(CC)cc2)cs1. The van der Waals surface area contributed by atoms with Crippen LogP contribution in [0.15, 0.2) is 29.6 Å². The van der Waals surface area contributed by atoms with E-state index in [-0.39, 0.29) is 23.2 Å². The summed E-state index contributed by atoms with van der Waals surface area (Å²) in [7, 11) is 0. The van der Waals surface area contributed by atoms with Crippen LogP contribution in [-0.2, 0) is 11.2 Å². The summed E-state index contributed by atoms with van der Waals surface area (Å²) in [6.45, 7) is 4.07. The van der Waals surface area contributed by atoms with Crippen LogP contribution in [0, 0.1) is 0 Å². The van der Waals surface area contributed by atoms with Gasteiger partial charge in [0.2, 0.25) is 5.01 Å². The number of rotatable bonds is 5. The Morgan fingerprint density at radius 1 is 1.24 bits per heavy atom. The molecule has 0 aliphatic rings. The molecule has 5 nitrogen and oxygen atoms in total. The van der Waals surface area contributed by atoms with Crippen LogP contribution in [0.3, 0.4) is 0 Å². The molecule has 21 heavy (non-hydrogen) atoms. The number of hydrogen-bond donors (Lipinski definition) is 1. The first kappa shape index (κ1) is 15.2. The second-order valence-corrected chi connectivity index (χ2v) is 5.12. The van der Waals surface area contributed by atoms with Gasteiger partial charge in [0.1, 0.15) is 5.69 Å². The Labute approximate surface area is 127 Å². The van der Waals surface area contributed by atoms with Gasteiger partial charge in [-0.05, 0) is 31.0 Å². The predicted molar refractivity (Wildman–Crippen MR) is 81.8 cm³/mol. The Morgan fingerprint density at radius 3 is 2.57 bits per heavy atom. The molecule has 0 aliphatic carbocycles. The molecule has 0 aliphatic heterocycles. The van der Waals surface area contributed by atoms with Gasteiger partial charge >= 0.3 is 5.97 Å². The molecule has 0 radical (unpaired) electrons. The second-order valence-electron chi connectivity index (χ2n) is 4.26. The highest BCUT2D eigenvalue weighted by Gasteiger charge is 2.16. The van der Waals surface area contributed by atoms with Crippen molar-refractivity contribution in [1.29, 1.82) is 0 Å². The minimum Gasteiger partial charge on any atom is -0.461 e. The second kappa shape index (κ2) is 6.99. The number of carbonyl (C=O) groups excluding carboxylic acids is 2. The van der Waals surface area contributed by atoms with Crippen LogP contribution in [0.25, 0.3) is 0 Å². The first-order valence-electron chi connectivity index (χ1n) is 6.67. The summed E-state index contributed by atoms with van der Waals surface area (Å²) in [6, 6.07) is 7.60. The normalized spacial score (nSPS) is 10.2. The first-order valence-corrected chi connectivity index (χ1v) is 7.55. The lowest BCUT2D eigenvalue weighted by molar-refractivity contribution is 0.0526. The Hall–Kier alpha value is -2.21. The molecule has 0 unspecified atom stereocenters.